The van der Waals surface area contributed by atoms with Gasteiger partial charge in [0.15, 0.2) is 0 Å². The fourth-order valence-electron chi connectivity index (χ4n) is 1.59. The molecule has 0 atom stereocenters. The lowest BCUT2D eigenvalue weighted by Crippen LogP contribution is -1.86. The third kappa shape index (κ3) is 2.50. The number of nitrogens with zero attached hydrogens (tertiary/aromatic N) is 2. The number of nitriles is 1. The highest BCUT2D eigenvalue weighted by Crippen LogP contribution is 2.24. The predicted octanol–water partition coefficient (Wildman–Crippen LogP) is 2.84. The van der Waals surface area contributed by atoms with E-state index >= 15 is 0 Å². The van der Waals surface area contributed by atoms with Crippen molar-refractivity contribution in [2.75, 3.05) is 0 Å². The van der Waals surface area contributed by atoms with Gasteiger partial charge in [-0.1, -0.05) is 24.3 Å². The van der Waals surface area contributed by atoms with Crippen molar-refractivity contribution in [3.05, 3.63) is 54.1 Å². The van der Waals surface area contributed by atoms with Crippen LogP contribution in [0.4, 0.5) is 5.69 Å². The first-order chi connectivity index (χ1) is 8.33. The predicted molar refractivity (Wildman–Crippen MR) is 68.9 cm³/mol. The second kappa shape index (κ2) is 4.95. The zero-order valence-electron chi connectivity index (χ0n) is 9.17. The van der Waals surface area contributed by atoms with E-state index in [0.29, 0.717) is 5.56 Å². The molecule has 2 aromatic rings. The quantitative estimate of drug-likeness (QED) is 0.626. The van der Waals surface area contributed by atoms with Gasteiger partial charge in [0.05, 0.1) is 23.7 Å². The van der Waals surface area contributed by atoms with Gasteiger partial charge >= 0.3 is 0 Å². The molecule has 0 spiro atoms. The Morgan fingerprint density at radius 2 is 1.82 bits per heavy atom. The van der Waals surface area contributed by atoms with Crippen LogP contribution in [0.25, 0.3) is 11.1 Å². The molecule has 0 aliphatic rings. The van der Waals surface area contributed by atoms with Crippen molar-refractivity contribution in [2.24, 2.45) is 10.7 Å². The fourth-order valence-corrected chi connectivity index (χ4v) is 1.59. The average Bonchev–Trinajstić information content (AvgIpc) is 2.40. The van der Waals surface area contributed by atoms with Crippen LogP contribution in [0.15, 0.2) is 53.5 Å². The van der Waals surface area contributed by atoms with Crippen LogP contribution in [0.5, 0.6) is 0 Å². The molecular formula is C14H11N3. The Hall–Kier alpha value is -2.60. The minimum absolute atomic E-state index is 0.657. The summed E-state index contributed by atoms with van der Waals surface area (Å²) in [6, 6.07) is 17.3. The van der Waals surface area contributed by atoms with Gasteiger partial charge in [-0.25, -0.2) is 4.99 Å². The van der Waals surface area contributed by atoms with Crippen LogP contribution in [0.2, 0.25) is 0 Å². The van der Waals surface area contributed by atoms with Crippen molar-refractivity contribution < 1.29 is 0 Å². The standard InChI is InChI=1S/C14H11N3/c15-9-11-4-6-12(7-5-11)13-2-1-3-14(8-13)17-10-16/h1-8,10H,(H2,16,17). The van der Waals surface area contributed by atoms with Gasteiger partial charge in [-0.05, 0) is 35.4 Å². The molecule has 17 heavy (non-hydrogen) atoms. The lowest BCUT2D eigenvalue weighted by atomic mass is 10.0. The number of benzene rings is 2. The Balaban J connectivity index is 2.39. The van der Waals surface area contributed by atoms with Crippen molar-refractivity contribution in [2.45, 2.75) is 0 Å². The number of hydrogen-bond donors (Lipinski definition) is 1. The zero-order chi connectivity index (χ0) is 12.1. The Morgan fingerprint density at radius 1 is 1.06 bits per heavy atom. The third-order valence-corrected chi connectivity index (χ3v) is 2.42. The van der Waals surface area contributed by atoms with Gasteiger partial charge in [0.25, 0.3) is 0 Å². The SMILES string of the molecule is N#Cc1ccc(-c2cccc(N=CN)c2)cc1. The molecule has 0 radical (unpaired) electrons. The van der Waals surface area contributed by atoms with E-state index in [4.69, 9.17) is 11.0 Å². The highest BCUT2D eigenvalue weighted by Gasteiger charge is 1.98. The van der Waals surface area contributed by atoms with Crippen LogP contribution < -0.4 is 5.73 Å². The Morgan fingerprint density at radius 3 is 2.47 bits per heavy atom. The van der Waals surface area contributed by atoms with Crippen LogP contribution in [0.1, 0.15) is 5.56 Å². The van der Waals surface area contributed by atoms with Gasteiger partial charge in [0, 0.05) is 0 Å². The third-order valence-electron chi connectivity index (χ3n) is 2.42. The topological polar surface area (TPSA) is 62.2 Å². The van der Waals surface area contributed by atoms with Gasteiger partial charge < -0.3 is 5.73 Å². The van der Waals surface area contributed by atoms with Crippen LogP contribution >= 0.6 is 0 Å². The van der Waals surface area contributed by atoms with E-state index in [1.54, 1.807) is 12.1 Å². The first-order valence-corrected chi connectivity index (χ1v) is 5.18. The minimum Gasteiger partial charge on any atom is -0.390 e. The summed E-state index contributed by atoms with van der Waals surface area (Å²) in [6.45, 7) is 0. The lowest BCUT2D eigenvalue weighted by molar-refractivity contribution is 1.48. The molecule has 0 aliphatic heterocycles. The summed E-state index contributed by atoms with van der Waals surface area (Å²) in [4.78, 5) is 4.03. The first-order valence-electron chi connectivity index (χ1n) is 5.18. The molecule has 2 rings (SSSR count). The van der Waals surface area contributed by atoms with E-state index in [2.05, 4.69) is 11.1 Å². The first kappa shape index (κ1) is 10.9. The maximum atomic E-state index is 8.73. The number of nitrogens with two attached hydrogens (primary N) is 1. The second-order valence-electron chi connectivity index (χ2n) is 3.52. The van der Waals surface area contributed by atoms with Crippen LogP contribution in [0, 0.1) is 11.3 Å². The highest BCUT2D eigenvalue weighted by atomic mass is 14.8. The van der Waals surface area contributed by atoms with Gasteiger partial charge in [0.2, 0.25) is 0 Å². The molecule has 0 saturated carbocycles. The maximum absolute atomic E-state index is 8.73. The summed E-state index contributed by atoms with van der Waals surface area (Å²) in [5.41, 5.74) is 8.84. The van der Waals surface area contributed by atoms with E-state index in [0.717, 1.165) is 16.8 Å². The van der Waals surface area contributed by atoms with E-state index in [1.807, 2.05) is 36.4 Å². The molecule has 0 aliphatic carbocycles. The van der Waals surface area contributed by atoms with Crippen molar-refractivity contribution >= 4 is 12.0 Å². The van der Waals surface area contributed by atoms with E-state index < -0.39 is 0 Å². The average molecular weight is 221 g/mol. The Labute approximate surface area is 99.8 Å². The molecule has 3 heteroatoms. The molecule has 0 fully saturated rings. The molecule has 2 aromatic carbocycles. The molecule has 0 amide bonds. The summed E-state index contributed by atoms with van der Waals surface area (Å²) in [6.07, 6.45) is 1.28. The van der Waals surface area contributed by atoms with Crippen molar-refractivity contribution in [1.82, 2.24) is 0 Å². The molecule has 0 heterocycles. The van der Waals surface area contributed by atoms with Gasteiger partial charge in [-0.3, -0.25) is 0 Å². The van der Waals surface area contributed by atoms with E-state index in [-0.39, 0.29) is 0 Å². The number of aliphatic imine (C=N–C) groups is 1. The van der Waals surface area contributed by atoms with Crippen molar-refractivity contribution in [3.8, 4) is 17.2 Å². The number of rotatable bonds is 2. The van der Waals surface area contributed by atoms with Crippen molar-refractivity contribution in [3.63, 3.8) is 0 Å². The molecule has 0 aromatic heterocycles. The van der Waals surface area contributed by atoms with Crippen molar-refractivity contribution in [1.29, 1.82) is 5.26 Å². The molecule has 2 N–H and O–H groups in total. The Kier molecular flexibility index (Phi) is 3.18. The van der Waals surface area contributed by atoms with Gasteiger partial charge in [0.1, 0.15) is 0 Å². The molecule has 0 unspecified atom stereocenters. The fraction of sp³-hybridized carbons (Fsp3) is 0. The lowest BCUT2D eigenvalue weighted by Gasteiger charge is -2.02. The summed E-state index contributed by atoms with van der Waals surface area (Å²) in [5.74, 6) is 0. The molecule has 0 saturated heterocycles. The molecule has 0 bridgehead atoms. The van der Waals surface area contributed by atoms with E-state index in [9.17, 15) is 0 Å². The largest absolute Gasteiger partial charge is 0.390 e. The summed E-state index contributed by atoms with van der Waals surface area (Å²) in [7, 11) is 0. The highest BCUT2D eigenvalue weighted by molar-refractivity contribution is 5.69. The summed E-state index contributed by atoms with van der Waals surface area (Å²) in [5, 5.41) is 8.73. The van der Waals surface area contributed by atoms with Crippen LogP contribution in [-0.2, 0) is 0 Å². The summed E-state index contributed by atoms with van der Waals surface area (Å²) >= 11 is 0. The minimum atomic E-state index is 0.657. The van der Waals surface area contributed by atoms with Crippen LogP contribution in [-0.4, -0.2) is 6.34 Å². The number of hydrogen-bond acceptors (Lipinski definition) is 2. The zero-order valence-corrected chi connectivity index (χ0v) is 9.17. The normalized spacial score (nSPS) is 10.3. The van der Waals surface area contributed by atoms with Gasteiger partial charge in [-0.15, -0.1) is 0 Å². The monoisotopic (exact) mass is 221 g/mol. The Bertz CT molecular complexity index is 577. The smallest absolute Gasteiger partial charge is 0.0991 e. The van der Waals surface area contributed by atoms with Crippen LogP contribution in [0.3, 0.4) is 0 Å². The molecule has 82 valence electrons. The van der Waals surface area contributed by atoms with E-state index in [1.165, 1.54) is 6.34 Å². The van der Waals surface area contributed by atoms with Gasteiger partial charge in [-0.2, -0.15) is 5.26 Å². The molecule has 3 nitrogen and oxygen atoms in total. The maximum Gasteiger partial charge on any atom is 0.0991 e. The summed E-state index contributed by atoms with van der Waals surface area (Å²) < 4.78 is 0. The second-order valence-corrected chi connectivity index (χ2v) is 3.52. The molecular weight excluding hydrogens is 210 g/mol.